The number of benzene rings is 1. The first kappa shape index (κ1) is 18.8. The van der Waals surface area contributed by atoms with E-state index in [1.54, 1.807) is 13.0 Å². The summed E-state index contributed by atoms with van der Waals surface area (Å²) in [6.07, 6.45) is 0. The van der Waals surface area contributed by atoms with Crippen LogP contribution in [0.4, 0.5) is 11.5 Å². The van der Waals surface area contributed by atoms with Gasteiger partial charge in [0, 0.05) is 37.9 Å². The third-order valence-corrected chi connectivity index (χ3v) is 5.02. The van der Waals surface area contributed by atoms with Crippen LogP contribution < -0.4 is 9.80 Å². The van der Waals surface area contributed by atoms with Gasteiger partial charge in [0.25, 0.3) is 0 Å². The molecule has 1 fully saturated rings. The average molecular weight is 393 g/mol. The molecular formula is C18H21ClN4O2S. The minimum absolute atomic E-state index is 0.176. The van der Waals surface area contributed by atoms with E-state index in [1.165, 1.54) is 17.4 Å². The molecule has 2 heterocycles. The number of carbonyl (C=O) groups excluding carboxylic acids is 1. The van der Waals surface area contributed by atoms with Crippen molar-refractivity contribution in [1.29, 1.82) is 0 Å². The molecule has 0 bridgehead atoms. The van der Waals surface area contributed by atoms with Gasteiger partial charge >= 0.3 is 5.97 Å². The van der Waals surface area contributed by atoms with Crippen LogP contribution in [-0.2, 0) is 9.53 Å². The Morgan fingerprint density at radius 3 is 2.54 bits per heavy atom. The van der Waals surface area contributed by atoms with Crippen LogP contribution >= 0.6 is 23.4 Å². The molecular weight excluding hydrogens is 372 g/mol. The summed E-state index contributed by atoms with van der Waals surface area (Å²) in [5.74, 6) is 0.693. The standard InChI is InChI=1S/C18H21ClN4O2S/c1-2-25-17(24)13-26-18-20-15(19)12-16(21-18)23-10-8-22(9-11-23)14-6-4-3-5-7-14/h3-7,12H,2,8-11,13H2,1H3. The van der Waals surface area contributed by atoms with E-state index in [1.807, 2.05) is 6.07 Å². The van der Waals surface area contributed by atoms with E-state index in [9.17, 15) is 4.79 Å². The van der Waals surface area contributed by atoms with Gasteiger partial charge in [0.05, 0.1) is 12.4 Å². The zero-order valence-corrected chi connectivity index (χ0v) is 16.2. The molecule has 0 amide bonds. The lowest BCUT2D eigenvalue weighted by Crippen LogP contribution is -2.46. The number of hydrogen-bond acceptors (Lipinski definition) is 7. The maximum atomic E-state index is 11.5. The maximum Gasteiger partial charge on any atom is 0.316 e. The third kappa shape index (κ3) is 5.02. The Balaban J connectivity index is 1.62. The van der Waals surface area contributed by atoms with Gasteiger partial charge in [-0.15, -0.1) is 0 Å². The number of esters is 1. The minimum atomic E-state index is -0.279. The molecule has 0 unspecified atom stereocenters. The molecule has 1 aromatic carbocycles. The van der Waals surface area contributed by atoms with Crippen molar-refractivity contribution in [3.63, 3.8) is 0 Å². The summed E-state index contributed by atoms with van der Waals surface area (Å²) in [5, 5.41) is 0.873. The third-order valence-electron chi connectivity index (χ3n) is 4.01. The van der Waals surface area contributed by atoms with Crippen molar-refractivity contribution in [2.75, 3.05) is 48.3 Å². The van der Waals surface area contributed by atoms with Crippen LogP contribution in [-0.4, -0.2) is 54.5 Å². The number of nitrogens with zero attached hydrogens (tertiary/aromatic N) is 4. The van der Waals surface area contributed by atoms with Crippen molar-refractivity contribution in [1.82, 2.24) is 9.97 Å². The topological polar surface area (TPSA) is 58.6 Å². The molecule has 2 aromatic rings. The fraction of sp³-hybridized carbons (Fsp3) is 0.389. The Hall–Kier alpha value is -1.99. The van der Waals surface area contributed by atoms with Gasteiger partial charge in [-0.2, -0.15) is 0 Å². The van der Waals surface area contributed by atoms with E-state index in [2.05, 4.69) is 44.0 Å². The molecule has 0 atom stereocenters. The second kappa shape index (κ2) is 9.09. The Morgan fingerprint density at radius 2 is 1.85 bits per heavy atom. The fourth-order valence-corrected chi connectivity index (χ4v) is 3.65. The molecule has 1 saturated heterocycles. The predicted octanol–water partition coefficient (Wildman–Crippen LogP) is 3.11. The van der Waals surface area contributed by atoms with Crippen LogP contribution in [0.5, 0.6) is 0 Å². The van der Waals surface area contributed by atoms with Gasteiger partial charge in [0.1, 0.15) is 11.0 Å². The van der Waals surface area contributed by atoms with E-state index < -0.39 is 0 Å². The smallest absolute Gasteiger partial charge is 0.316 e. The van der Waals surface area contributed by atoms with Crippen molar-refractivity contribution >= 4 is 40.8 Å². The summed E-state index contributed by atoms with van der Waals surface area (Å²) in [6, 6.07) is 12.2. The number of piperazine rings is 1. The minimum Gasteiger partial charge on any atom is -0.465 e. The molecule has 1 aliphatic rings. The molecule has 0 radical (unpaired) electrons. The highest BCUT2D eigenvalue weighted by molar-refractivity contribution is 7.99. The highest BCUT2D eigenvalue weighted by atomic mass is 35.5. The summed E-state index contributed by atoms with van der Waals surface area (Å²) < 4.78 is 4.93. The number of carbonyl (C=O) groups is 1. The molecule has 0 N–H and O–H groups in total. The van der Waals surface area contributed by atoms with Crippen molar-refractivity contribution < 1.29 is 9.53 Å². The Morgan fingerprint density at radius 1 is 1.15 bits per heavy atom. The molecule has 1 aliphatic heterocycles. The maximum absolute atomic E-state index is 11.5. The van der Waals surface area contributed by atoms with Crippen molar-refractivity contribution in [2.45, 2.75) is 12.1 Å². The molecule has 0 spiro atoms. The second-order valence-corrected chi connectivity index (χ2v) is 7.06. The first-order valence-corrected chi connectivity index (χ1v) is 9.90. The summed E-state index contributed by atoms with van der Waals surface area (Å²) in [4.78, 5) is 24.8. The quantitative estimate of drug-likeness (QED) is 0.324. The van der Waals surface area contributed by atoms with Gasteiger partial charge in [-0.3, -0.25) is 4.79 Å². The normalized spacial score (nSPS) is 14.4. The lowest BCUT2D eigenvalue weighted by atomic mass is 10.2. The molecule has 0 aliphatic carbocycles. The van der Waals surface area contributed by atoms with Crippen LogP contribution in [0.1, 0.15) is 6.92 Å². The summed E-state index contributed by atoms with van der Waals surface area (Å²) >= 11 is 7.39. The number of halogens is 1. The molecule has 1 aromatic heterocycles. The second-order valence-electron chi connectivity index (χ2n) is 5.73. The number of aromatic nitrogens is 2. The lowest BCUT2D eigenvalue weighted by Gasteiger charge is -2.36. The van der Waals surface area contributed by atoms with Crippen LogP contribution in [0, 0.1) is 0 Å². The molecule has 138 valence electrons. The van der Waals surface area contributed by atoms with Gasteiger partial charge in [0.15, 0.2) is 5.16 Å². The van der Waals surface area contributed by atoms with Crippen molar-refractivity contribution in [2.24, 2.45) is 0 Å². The van der Waals surface area contributed by atoms with Gasteiger partial charge in [0.2, 0.25) is 0 Å². The Bertz CT molecular complexity index is 739. The highest BCUT2D eigenvalue weighted by Gasteiger charge is 2.19. The first-order valence-electron chi connectivity index (χ1n) is 8.53. The molecule has 0 saturated carbocycles. The van der Waals surface area contributed by atoms with Gasteiger partial charge < -0.3 is 14.5 Å². The molecule has 8 heteroatoms. The molecule has 26 heavy (non-hydrogen) atoms. The number of anilines is 2. The van der Waals surface area contributed by atoms with Crippen LogP contribution in [0.3, 0.4) is 0 Å². The zero-order chi connectivity index (χ0) is 18.4. The lowest BCUT2D eigenvalue weighted by molar-refractivity contribution is -0.139. The number of thioether (sulfide) groups is 1. The van der Waals surface area contributed by atoms with E-state index >= 15 is 0 Å². The zero-order valence-electron chi connectivity index (χ0n) is 14.6. The Kier molecular flexibility index (Phi) is 6.57. The highest BCUT2D eigenvalue weighted by Crippen LogP contribution is 2.24. The average Bonchev–Trinajstić information content (AvgIpc) is 2.67. The van der Waals surface area contributed by atoms with Crippen molar-refractivity contribution in [3.8, 4) is 0 Å². The summed E-state index contributed by atoms with van der Waals surface area (Å²) in [6.45, 7) is 5.68. The molecule has 6 nitrogen and oxygen atoms in total. The van der Waals surface area contributed by atoms with Crippen LogP contribution in [0.25, 0.3) is 0 Å². The van der Waals surface area contributed by atoms with Gasteiger partial charge in [-0.25, -0.2) is 9.97 Å². The number of rotatable bonds is 6. The van der Waals surface area contributed by atoms with E-state index in [0.717, 1.165) is 32.0 Å². The van der Waals surface area contributed by atoms with E-state index in [-0.39, 0.29) is 11.7 Å². The Labute approximate surface area is 162 Å². The van der Waals surface area contributed by atoms with Crippen LogP contribution in [0.15, 0.2) is 41.6 Å². The monoisotopic (exact) mass is 392 g/mol. The summed E-state index contributed by atoms with van der Waals surface area (Å²) in [5.41, 5.74) is 1.23. The number of hydrogen-bond donors (Lipinski definition) is 0. The fourth-order valence-electron chi connectivity index (χ4n) is 2.77. The largest absolute Gasteiger partial charge is 0.465 e. The van der Waals surface area contributed by atoms with Gasteiger partial charge in [-0.05, 0) is 19.1 Å². The van der Waals surface area contributed by atoms with Gasteiger partial charge in [-0.1, -0.05) is 41.6 Å². The predicted molar refractivity (Wildman–Crippen MR) is 105 cm³/mol. The molecule has 3 rings (SSSR count). The summed E-state index contributed by atoms with van der Waals surface area (Å²) in [7, 11) is 0. The first-order chi connectivity index (χ1) is 12.7. The van der Waals surface area contributed by atoms with E-state index in [4.69, 9.17) is 16.3 Å². The number of para-hydroxylation sites is 1. The number of ether oxygens (including phenoxy) is 1. The SMILES string of the molecule is CCOC(=O)CSc1nc(Cl)cc(N2CCN(c3ccccc3)CC2)n1. The van der Waals surface area contributed by atoms with Crippen LogP contribution in [0.2, 0.25) is 5.15 Å². The van der Waals surface area contributed by atoms with E-state index in [0.29, 0.717) is 16.9 Å². The van der Waals surface area contributed by atoms with Crippen molar-refractivity contribution in [3.05, 3.63) is 41.6 Å².